The zero-order valence-electron chi connectivity index (χ0n) is 23.1. The quantitative estimate of drug-likeness (QED) is 0.341. The van der Waals surface area contributed by atoms with Crippen molar-refractivity contribution in [3.8, 4) is 0 Å². The third kappa shape index (κ3) is 7.12. The molecule has 0 aromatic heterocycles. The largest absolute Gasteiger partial charge is 0.481 e. The number of nitrogens with one attached hydrogen (secondary N) is 1. The van der Waals surface area contributed by atoms with Crippen molar-refractivity contribution in [3.63, 3.8) is 0 Å². The Balaban J connectivity index is 1.86. The highest BCUT2D eigenvalue weighted by Gasteiger charge is 2.54. The first kappa shape index (κ1) is 30.2. The first-order valence-corrected chi connectivity index (χ1v) is 15.2. The average molecular weight is 593 g/mol. The van der Waals surface area contributed by atoms with Gasteiger partial charge in [-0.15, -0.1) is 0 Å². The van der Waals surface area contributed by atoms with Gasteiger partial charge in [-0.2, -0.15) is 0 Å². The van der Waals surface area contributed by atoms with Crippen molar-refractivity contribution in [1.29, 1.82) is 0 Å². The van der Waals surface area contributed by atoms with Gasteiger partial charge in [-0.1, -0.05) is 87.1 Å². The molecule has 2 fully saturated rings. The van der Waals surface area contributed by atoms with Crippen molar-refractivity contribution >= 4 is 47.0 Å². The lowest BCUT2D eigenvalue weighted by Crippen LogP contribution is -2.60. The summed E-state index contributed by atoms with van der Waals surface area (Å²) in [5, 5.41) is 14.5. The molecule has 2 aromatic rings. The van der Waals surface area contributed by atoms with Gasteiger partial charge in [-0.05, 0) is 47.2 Å². The molecule has 212 valence electrons. The molecule has 0 saturated carbocycles. The third-order valence-electron chi connectivity index (χ3n) is 7.96. The SMILES string of the molecule is CC(C)(C)[C@@H](CSN1CCNCC1)N1C(=O)[C@@](C)(CC(=O)O)C[C@H](c2cccc(Cl)c2)[C@H]1c1ccc(Cl)cc1. The highest BCUT2D eigenvalue weighted by Crippen LogP contribution is 2.53. The Labute approximate surface area is 246 Å². The minimum atomic E-state index is -1.06. The summed E-state index contributed by atoms with van der Waals surface area (Å²) in [5.74, 6) is -0.516. The number of rotatable bonds is 8. The fourth-order valence-electron chi connectivity index (χ4n) is 5.92. The number of piperidine rings is 1. The molecule has 2 aromatic carbocycles. The summed E-state index contributed by atoms with van der Waals surface area (Å²) < 4.78 is 2.37. The second kappa shape index (κ2) is 12.4. The minimum absolute atomic E-state index is 0.107. The van der Waals surface area contributed by atoms with Crippen molar-refractivity contribution in [2.75, 3.05) is 31.9 Å². The van der Waals surface area contributed by atoms with E-state index in [1.54, 1.807) is 11.9 Å². The summed E-state index contributed by atoms with van der Waals surface area (Å²) in [6.07, 6.45) is 0.179. The number of carbonyl (C=O) groups is 2. The lowest BCUT2D eigenvalue weighted by molar-refractivity contribution is -0.162. The molecule has 0 spiro atoms. The molecule has 2 aliphatic heterocycles. The summed E-state index contributed by atoms with van der Waals surface area (Å²) >= 11 is 14.5. The molecule has 2 heterocycles. The average Bonchev–Trinajstić information content (AvgIpc) is 2.86. The number of piperazine rings is 1. The smallest absolute Gasteiger partial charge is 0.304 e. The van der Waals surface area contributed by atoms with Crippen LogP contribution in [0.3, 0.4) is 0 Å². The van der Waals surface area contributed by atoms with E-state index in [9.17, 15) is 14.7 Å². The van der Waals surface area contributed by atoms with Crippen LogP contribution >= 0.6 is 35.1 Å². The maximum Gasteiger partial charge on any atom is 0.304 e. The van der Waals surface area contributed by atoms with Gasteiger partial charge in [0.05, 0.1) is 17.9 Å². The topological polar surface area (TPSA) is 72.9 Å². The number of hydrogen-bond donors (Lipinski definition) is 2. The predicted molar refractivity (Wildman–Crippen MR) is 160 cm³/mol. The molecule has 2 aliphatic rings. The molecule has 1 amide bonds. The van der Waals surface area contributed by atoms with Crippen LogP contribution in [0.25, 0.3) is 0 Å². The van der Waals surface area contributed by atoms with Crippen LogP contribution in [-0.2, 0) is 9.59 Å². The van der Waals surface area contributed by atoms with Crippen molar-refractivity contribution < 1.29 is 14.7 Å². The van der Waals surface area contributed by atoms with E-state index >= 15 is 0 Å². The second-order valence-corrected chi connectivity index (χ2v) is 14.0. The van der Waals surface area contributed by atoms with Gasteiger partial charge in [-0.3, -0.25) is 9.59 Å². The van der Waals surface area contributed by atoms with Gasteiger partial charge in [0.15, 0.2) is 0 Å². The van der Waals surface area contributed by atoms with Gasteiger partial charge in [0.1, 0.15) is 0 Å². The van der Waals surface area contributed by atoms with Gasteiger partial charge in [0.25, 0.3) is 0 Å². The van der Waals surface area contributed by atoms with Crippen LogP contribution in [0.5, 0.6) is 0 Å². The fourth-order valence-corrected chi connectivity index (χ4v) is 7.70. The Kier molecular flexibility index (Phi) is 9.60. The molecule has 4 rings (SSSR count). The summed E-state index contributed by atoms with van der Waals surface area (Å²) in [6.45, 7) is 12.1. The van der Waals surface area contributed by atoms with E-state index in [2.05, 4.69) is 30.4 Å². The molecule has 0 unspecified atom stereocenters. The van der Waals surface area contributed by atoms with Crippen LogP contribution < -0.4 is 5.32 Å². The molecule has 0 aliphatic carbocycles. The highest BCUT2D eigenvalue weighted by atomic mass is 35.5. The zero-order chi connectivity index (χ0) is 28.4. The summed E-state index contributed by atoms with van der Waals surface area (Å²) in [7, 11) is 0. The number of amides is 1. The maximum absolute atomic E-state index is 14.6. The molecule has 0 bridgehead atoms. The number of halogens is 2. The molecule has 39 heavy (non-hydrogen) atoms. The Morgan fingerprint density at radius 3 is 2.36 bits per heavy atom. The van der Waals surface area contributed by atoms with Gasteiger partial charge < -0.3 is 15.3 Å². The van der Waals surface area contributed by atoms with Gasteiger partial charge in [-0.25, -0.2) is 4.31 Å². The monoisotopic (exact) mass is 591 g/mol. The minimum Gasteiger partial charge on any atom is -0.481 e. The van der Waals surface area contributed by atoms with Crippen LogP contribution in [0, 0.1) is 10.8 Å². The first-order valence-electron chi connectivity index (χ1n) is 13.5. The Morgan fingerprint density at radius 2 is 1.77 bits per heavy atom. The molecule has 2 N–H and O–H groups in total. The standard InChI is InChI=1S/C30H39Cl2N3O3S/c1-29(2,3)25(19-39-34-14-12-33-13-15-34)35-27(20-8-10-22(31)11-9-20)24(21-6-5-7-23(32)16-21)17-30(4,28(35)38)18-26(36)37/h5-11,16,24-25,27,33H,12-15,17-19H2,1-4H3,(H,36,37)/t24-,25-,27-,30-/m1/s1. The van der Waals surface area contributed by atoms with E-state index in [0.717, 1.165) is 37.3 Å². The lowest BCUT2D eigenvalue weighted by Gasteiger charge is -2.54. The van der Waals surface area contributed by atoms with Crippen molar-refractivity contribution in [1.82, 2.24) is 14.5 Å². The normalized spacial score (nSPS) is 25.5. The van der Waals surface area contributed by atoms with E-state index < -0.39 is 11.4 Å². The molecule has 0 radical (unpaired) electrons. The van der Waals surface area contributed by atoms with Crippen molar-refractivity contribution in [3.05, 3.63) is 69.7 Å². The Hall–Kier alpha value is -1.77. The van der Waals surface area contributed by atoms with E-state index in [-0.39, 0.29) is 35.7 Å². The predicted octanol–water partition coefficient (Wildman–Crippen LogP) is 6.50. The van der Waals surface area contributed by atoms with Crippen LogP contribution in [0.2, 0.25) is 10.0 Å². The maximum atomic E-state index is 14.6. The van der Waals surface area contributed by atoms with Gasteiger partial charge in [0, 0.05) is 53.9 Å². The van der Waals surface area contributed by atoms with E-state index in [0.29, 0.717) is 22.2 Å². The number of nitrogens with zero attached hydrogens (tertiary/aromatic N) is 2. The van der Waals surface area contributed by atoms with Gasteiger partial charge in [0.2, 0.25) is 5.91 Å². The van der Waals surface area contributed by atoms with Gasteiger partial charge >= 0.3 is 5.97 Å². The molecule has 4 atom stereocenters. The summed E-state index contributed by atoms with van der Waals surface area (Å²) in [6, 6.07) is 15.0. The summed E-state index contributed by atoms with van der Waals surface area (Å²) in [5.41, 5.74) is 0.655. The number of carboxylic acids is 1. The molecule has 9 heteroatoms. The van der Waals surface area contributed by atoms with Crippen LogP contribution in [0.1, 0.15) is 63.6 Å². The first-order chi connectivity index (χ1) is 18.4. The van der Waals surface area contributed by atoms with Crippen LogP contribution in [0.4, 0.5) is 0 Å². The summed E-state index contributed by atoms with van der Waals surface area (Å²) in [4.78, 5) is 28.7. The number of carbonyl (C=O) groups excluding carboxylic acids is 1. The number of carboxylic acid groups (broad SMARTS) is 1. The fraction of sp³-hybridized carbons (Fsp3) is 0.533. The van der Waals surface area contributed by atoms with Crippen molar-refractivity contribution in [2.45, 2.75) is 58.5 Å². The van der Waals surface area contributed by atoms with Crippen molar-refractivity contribution in [2.24, 2.45) is 10.8 Å². The third-order valence-corrected chi connectivity index (χ3v) is 9.64. The zero-order valence-corrected chi connectivity index (χ0v) is 25.5. The number of likely N-dealkylation sites (tertiary alicyclic amines) is 1. The molecule has 6 nitrogen and oxygen atoms in total. The Morgan fingerprint density at radius 1 is 1.10 bits per heavy atom. The number of benzene rings is 2. The van der Waals surface area contributed by atoms with E-state index in [1.165, 1.54) is 0 Å². The number of hydrogen-bond acceptors (Lipinski definition) is 5. The molecular weight excluding hydrogens is 553 g/mol. The molecule has 2 saturated heterocycles. The van der Waals surface area contributed by atoms with E-state index in [4.69, 9.17) is 23.2 Å². The van der Waals surface area contributed by atoms with E-state index in [1.807, 2.05) is 60.4 Å². The Bertz CT molecular complexity index is 1170. The lowest BCUT2D eigenvalue weighted by atomic mass is 9.66. The highest BCUT2D eigenvalue weighted by molar-refractivity contribution is 7.97. The number of aliphatic carboxylic acids is 1. The molecular formula is C30H39Cl2N3O3S. The van der Waals surface area contributed by atoms with Crippen LogP contribution in [-0.4, -0.2) is 64.2 Å². The second-order valence-electron chi connectivity index (χ2n) is 12.1. The van der Waals surface area contributed by atoms with Crippen LogP contribution in [0.15, 0.2) is 48.5 Å².